The summed E-state index contributed by atoms with van der Waals surface area (Å²) in [7, 11) is 1.12. The number of rotatable bonds is 8. The molecule has 128 valence electrons. The predicted molar refractivity (Wildman–Crippen MR) is 90.8 cm³/mol. The van der Waals surface area contributed by atoms with Gasteiger partial charge < -0.3 is 14.4 Å². The maximum absolute atomic E-state index is 12.4. The van der Waals surface area contributed by atoms with E-state index >= 15 is 0 Å². The first-order chi connectivity index (χ1) is 11.1. The number of amides is 1. The number of allylic oxidation sites excluding steroid dienone is 1. The molecule has 0 aromatic rings. The van der Waals surface area contributed by atoms with Crippen LogP contribution in [0.3, 0.4) is 0 Å². The lowest BCUT2D eigenvalue weighted by Crippen LogP contribution is -2.39. The number of ketones is 1. The minimum Gasteiger partial charge on any atom is -0.353 e. The molecule has 2 aliphatic heterocycles. The van der Waals surface area contributed by atoms with Crippen molar-refractivity contribution in [2.24, 2.45) is 0 Å². The van der Waals surface area contributed by atoms with Gasteiger partial charge in [0.25, 0.3) is 0 Å². The molecule has 1 unspecified atom stereocenters. The Morgan fingerprint density at radius 3 is 2.96 bits per heavy atom. The highest BCUT2D eigenvalue weighted by molar-refractivity contribution is 6.33. The summed E-state index contributed by atoms with van der Waals surface area (Å²) in [5.41, 5.74) is 0. The van der Waals surface area contributed by atoms with E-state index in [9.17, 15) is 9.59 Å². The molecule has 2 rings (SSSR count). The minimum absolute atomic E-state index is 0.00877. The monoisotopic (exact) mass is 321 g/mol. The maximum atomic E-state index is 12.4. The van der Waals surface area contributed by atoms with E-state index in [-0.39, 0.29) is 30.1 Å². The molecule has 5 nitrogen and oxygen atoms in total. The standard InChI is InChI=1S/C17H28BNO4/c1-13(20)7-8-14-15(23-17-6-3-4-11-22-17)12-16(21)19(14)10-5-9-18-2/h7-8,14-15,17-18H,3-6,9-12H2,1-2H3/b8-7+/t14-,15+,17?/m0/s1. The predicted octanol–water partition coefficient (Wildman–Crippen LogP) is 1.94. The van der Waals surface area contributed by atoms with E-state index < -0.39 is 0 Å². The first-order valence-corrected chi connectivity index (χ1v) is 8.87. The smallest absolute Gasteiger partial charge is 0.225 e. The van der Waals surface area contributed by atoms with Crippen molar-refractivity contribution in [3.63, 3.8) is 0 Å². The van der Waals surface area contributed by atoms with Gasteiger partial charge in [0.2, 0.25) is 5.91 Å². The highest BCUT2D eigenvalue weighted by Crippen LogP contribution is 2.27. The van der Waals surface area contributed by atoms with Crippen LogP contribution in [-0.4, -0.2) is 55.5 Å². The van der Waals surface area contributed by atoms with E-state index in [4.69, 9.17) is 9.47 Å². The highest BCUT2D eigenvalue weighted by Gasteiger charge is 2.40. The number of carbonyl (C=O) groups excluding carboxylic acids is 2. The molecule has 6 heteroatoms. The molecule has 2 fully saturated rings. The van der Waals surface area contributed by atoms with Gasteiger partial charge in [-0.15, -0.1) is 0 Å². The Labute approximate surface area is 139 Å². The molecule has 0 spiro atoms. The third-order valence-corrected chi connectivity index (χ3v) is 4.43. The van der Waals surface area contributed by atoms with Crippen LogP contribution in [0.5, 0.6) is 0 Å². The average Bonchev–Trinajstić information content (AvgIpc) is 2.82. The molecule has 0 bridgehead atoms. The van der Waals surface area contributed by atoms with Gasteiger partial charge in [0.05, 0.1) is 18.6 Å². The third kappa shape index (κ3) is 5.46. The highest BCUT2D eigenvalue weighted by atomic mass is 16.7. The molecule has 3 atom stereocenters. The summed E-state index contributed by atoms with van der Waals surface area (Å²) in [6, 6.07) is -0.159. The normalized spacial score (nSPS) is 28.5. The molecule has 0 aromatic carbocycles. The van der Waals surface area contributed by atoms with Crippen LogP contribution in [0.1, 0.15) is 39.0 Å². The average molecular weight is 321 g/mol. The van der Waals surface area contributed by atoms with E-state index in [0.29, 0.717) is 6.42 Å². The Balaban J connectivity index is 2.02. The fourth-order valence-corrected chi connectivity index (χ4v) is 3.19. The van der Waals surface area contributed by atoms with E-state index in [1.807, 2.05) is 11.0 Å². The zero-order valence-corrected chi connectivity index (χ0v) is 14.3. The molecule has 0 N–H and O–H groups in total. The summed E-state index contributed by atoms with van der Waals surface area (Å²) >= 11 is 0. The lowest BCUT2D eigenvalue weighted by molar-refractivity contribution is -0.189. The molecule has 1 amide bonds. The molecule has 0 aliphatic carbocycles. The first-order valence-electron chi connectivity index (χ1n) is 8.87. The van der Waals surface area contributed by atoms with Crippen LogP contribution in [0.15, 0.2) is 12.2 Å². The zero-order valence-electron chi connectivity index (χ0n) is 14.3. The minimum atomic E-state index is -0.220. The van der Waals surface area contributed by atoms with Crippen molar-refractivity contribution in [1.82, 2.24) is 4.90 Å². The van der Waals surface area contributed by atoms with Gasteiger partial charge in [-0.05, 0) is 38.7 Å². The number of carbonyl (C=O) groups is 2. The van der Waals surface area contributed by atoms with E-state index in [2.05, 4.69) is 6.82 Å². The number of nitrogens with zero attached hydrogens (tertiary/aromatic N) is 1. The van der Waals surface area contributed by atoms with Crippen molar-refractivity contribution < 1.29 is 19.1 Å². The molecule has 23 heavy (non-hydrogen) atoms. The van der Waals surface area contributed by atoms with Crippen molar-refractivity contribution in [1.29, 1.82) is 0 Å². The third-order valence-electron chi connectivity index (χ3n) is 4.43. The van der Waals surface area contributed by atoms with Gasteiger partial charge >= 0.3 is 0 Å². The van der Waals surface area contributed by atoms with Gasteiger partial charge in [0.1, 0.15) is 7.28 Å². The summed E-state index contributed by atoms with van der Waals surface area (Å²) in [5.74, 6) is 0.102. The summed E-state index contributed by atoms with van der Waals surface area (Å²) in [5, 5.41) is 0. The molecule has 0 aromatic heterocycles. The Morgan fingerprint density at radius 2 is 2.30 bits per heavy atom. The number of hydrogen-bond donors (Lipinski definition) is 0. The second-order valence-electron chi connectivity index (χ2n) is 6.43. The fourth-order valence-electron chi connectivity index (χ4n) is 3.19. The van der Waals surface area contributed by atoms with Gasteiger partial charge in [-0.25, -0.2) is 0 Å². The topological polar surface area (TPSA) is 55.8 Å². The molecule has 0 radical (unpaired) electrons. The van der Waals surface area contributed by atoms with Crippen molar-refractivity contribution in [2.45, 2.75) is 70.6 Å². The van der Waals surface area contributed by atoms with Gasteiger partial charge in [-0.3, -0.25) is 9.59 Å². The molecule has 0 saturated carbocycles. The van der Waals surface area contributed by atoms with Crippen molar-refractivity contribution in [2.75, 3.05) is 13.2 Å². The lowest BCUT2D eigenvalue weighted by atomic mass is 9.77. The van der Waals surface area contributed by atoms with E-state index in [1.165, 1.54) is 6.92 Å². The van der Waals surface area contributed by atoms with Crippen LogP contribution in [0, 0.1) is 0 Å². The first kappa shape index (κ1) is 18.2. The second kappa shape index (κ2) is 9.23. The summed E-state index contributed by atoms with van der Waals surface area (Å²) in [6.07, 6.45) is 8.44. The molecule has 2 aliphatic rings. The van der Waals surface area contributed by atoms with E-state index in [1.54, 1.807) is 6.08 Å². The van der Waals surface area contributed by atoms with Gasteiger partial charge in [-0.2, -0.15) is 0 Å². The molecular formula is C17H28BNO4. The molecule has 2 saturated heterocycles. The zero-order chi connectivity index (χ0) is 16.7. The molecule has 2 heterocycles. The Kier molecular flexibility index (Phi) is 7.31. The Bertz CT molecular complexity index is 434. The van der Waals surface area contributed by atoms with Crippen LogP contribution in [0.25, 0.3) is 0 Å². The van der Waals surface area contributed by atoms with Crippen LogP contribution < -0.4 is 0 Å². The van der Waals surface area contributed by atoms with Crippen LogP contribution in [-0.2, 0) is 19.1 Å². The summed E-state index contributed by atoms with van der Waals surface area (Å²) < 4.78 is 11.7. The van der Waals surface area contributed by atoms with Gasteiger partial charge in [0.15, 0.2) is 12.1 Å². The van der Waals surface area contributed by atoms with Gasteiger partial charge in [0, 0.05) is 13.2 Å². The summed E-state index contributed by atoms with van der Waals surface area (Å²) in [6.45, 7) is 5.12. The number of likely N-dealkylation sites (tertiary alicyclic amines) is 1. The molecular weight excluding hydrogens is 293 g/mol. The van der Waals surface area contributed by atoms with Crippen molar-refractivity contribution in [3.8, 4) is 0 Å². The second-order valence-corrected chi connectivity index (χ2v) is 6.43. The van der Waals surface area contributed by atoms with Crippen LogP contribution in [0.2, 0.25) is 13.1 Å². The number of hydrogen-bond acceptors (Lipinski definition) is 4. The lowest BCUT2D eigenvalue weighted by Gasteiger charge is -2.30. The van der Waals surface area contributed by atoms with E-state index in [0.717, 1.165) is 52.4 Å². The van der Waals surface area contributed by atoms with Crippen LogP contribution >= 0.6 is 0 Å². The largest absolute Gasteiger partial charge is 0.353 e. The quantitative estimate of drug-likeness (QED) is 0.389. The van der Waals surface area contributed by atoms with Gasteiger partial charge in [-0.1, -0.05) is 19.2 Å². The van der Waals surface area contributed by atoms with Crippen molar-refractivity contribution in [3.05, 3.63) is 12.2 Å². The summed E-state index contributed by atoms with van der Waals surface area (Å²) in [4.78, 5) is 25.5. The van der Waals surface area contributed by atoms with Crippen molar-refractivity contribution >= 4 is 19.0 Å². The van der Waals surface area contributed by atoms with Crippen LogP contribution in [0.4, 0.5) is 0 Å². The maximum Gasteiger partial charge on any atom is 0.225 e. The SMILES string of the molecule is CBCCCN1C(=O)C[C@@H](OC2CCCCO2)[C@@H]1/C=C/C(C)=O. The fraction of sp³-hybridized carbons (Fsp3) is 0.765. The number of ether oxygens (including phenoxy) is 2. The Hall–Kier alpha value is -1.14. The Morgan fingerprint density at radius 1 is 1.48 bits per heavy atom.